The maximum atomic E-state index is 4.80. The maximum absolute atomic E-state index is 4.80. The first kappa shape index (κ1) is 12.1. The third kappa shape index (κ3) is 2.18. The zero-order chi connectivity index (χ0) is 13.4. The van der Waals surface area contributed by atoms with Gasteiger partial charge in [-0.2, -0.15) is 0 Å². The van der Waals surface area contributed by atoms with Gasteiger partial charge >= 0.3 is 0 Å². The molecule has 0 bridgehead atoms. The van der Waals surface area contributed by atoms with Crippen LogP contribution in [0.3, 0.4) is 0 Å². The average Bonchev–Trinajstić information content (AvgIpc) is 3.24. The quantitative estimate of drug-likeness (QED) is 0.914. The molecule has 0 aromatic carbocycles. The predicted octanol–water partition coefficient (Wildman–Crippen LogP) is 3.07. The molecule has 0 spiro atoms. The summed E-state index contributed by atoms with van der Waals surface area (Å²) in [4.78, 5) is 13.6. The van der Waals surface area contributed by atoms with E-state index in [1.807, 2.05) is 25.5 Å². The van der Waals surface area contributed by atoms with E-state index in [0.29, 0.717) is 5.92 Å². The molecule has 1 aliphatic rings. The summed E-state index contributed by atoms with van der Waals surface area (Å²) in [5.74, 6) is 2.46. The summed E-state index contributed by atoms with van der Waals surface area (Å²) in [6, 6.07) is 2.03. The molecule has 0 saturated heterocycles. The van der Waals surface area contributed by atoms with Gasteiger partial charge in [-0.1, -0.05) is 0 Å². The molecule has 0 amide bonds. The molecule has 0 atom stereocenters. The highest BCUT2D eigenvalue weighted by Crippen LogP contribution is 2.40. The number of aromatic nitrogens is 3. The number of nitrogens with zero attached hydrogens (tertiary/aromatic N) is 3. The van der Waals surface area contributed by atoms with Crippen LogP contribution in [0, 0.1) is 13.8 Å². The second-order valence-corrected chi connectivity index (χ2v) is 5.12. The van der Waals surface area contributed by atoms with Crippen molar-refractivity contribution in [2.75, 3.05) is 12.4 Å². The Bertz CT molecular complexity index is 618. The summed E-state index contributed by atoms with van der Waals surface area (Å²) in [5, 5.41) is 3.18. The summed E-state index contributed by atoms with van der Waals surface area (Å²) >= 11 is 0. The third-order valence-electron chi connectivity index (χ3n) is 3.62. The summed E-state index contributed by atoms with van der Waals surface area (Å²) in [6.07, 6.45) is 6.12. The molecule has 4 heteroatoms. The van der Waals surface area contributed by atoms with Crippen molar-refractivity contribution in [3.63, 3.8) is 0 Å². The maximum Gasteiger partial charge on any atom is 0.134 e. The number of hydrogen-bond donors (Lipinski definition) is 1. The van der Waals surface area contributed by atoms with Crippen molar-refractivity contribution in [1.82, 2.24) is 15.0 Å². The van der Waals surface area contributed by atoms with E-state index in [-0.39, 0.29) is 0 Å². The molecule has 2 heterocycles. The van der Waals surface area contributed by atoms with Crippen LogP contribution >= 0.6 is 0 Å². The van der Waals surface area contributed by atoms with Crippen LogP contribution in [0.15, 0.2) is 18.5 Å². The molecule has 0 radical (unpaired) electrons. The van der Waals surface area contributed by atoms with E-state index >= 15 is 0 Å². The van der Waals surface area contributed by atoms with Crippen molar-refractivity contribution in [3.05, 3.63) is 35.4 Å². The number of nitrogens with one attached hydrogen (secondary N) is 1. The standard InChI is InChI=1S/C15H18N4/c1-9-8-17-7-6-12(9)13-10(2)14(16-3)19-15(18-13)11-4-5-11/h6-8,11H,4-5H2,1-3H3,(H,16,18,19). The number of hydrogen-bond acceptors (Lipinski definition) is 4. The van der Waals surface area contributed by atoms with Crippen LogP contribution in [0.2, 0.25) is 0 Å². The molecule has 2 aromatic rings. The van der Waals surface area contributed by atoms with E-state index in [4.69, 9.17) is 4.98 Å². The van der Waals surface area contributed by atoms with Crippen LogP contribution in [0.1, 0.15) is 35.7 Å². The molecular weight excluding hydrogens is 236 g/mol. The Hall–Kier alpha value is -1.97. The molecule has 0 aliphatic heterocycles. The van der Waals surface area contributed by atoms with Gasteiger partial charge in [0.15, 0.2) is 0 Å². The minimum atomic E-state index is 0.550. The van der Waals surface area contributed by atoms with Crippen molar-refractivity contribution < 1.29 is 0 Å². The lowest BCUT2D eigenvalue weighted by molar-refractivity contribution is 0.923. The normalized spacial score (nSPS) is 14.5. The van der Waals surface area contributed by atoms with Crippen LogP contribution in [0.5, 0.6) is 0 Å². The minimum absolute atomic E-state index is 0.550. The molecular formula is C15H18N4. The van der Waals surface area contributed by atoms with Gasteiger partial charge in [0, 0.05) is 36.5 Å². The fourth-order valence-electron chi connectivity index (χ4n) is 2.30. The Balaban J connectivity index is 2.19. The van der Waals surface area contributed by atoms with Gasteiger partial charge in [0.2, 0.25) is 0 Å². The topological polar surface area (TPSA) is 50.7 Å². The fraction of sp³-hybridized carbons (Fsp3) is 0.400. The highest BCUT2D eigenvalue weighted by Gasteiger charge is 2.28. The third-order valence-corrected chi connectivity index (χ3v) is 3.62. The van der Waals surface area contributed by atoms with E-state index < -0.39 is 0 Å². The molecule has 2 aromatic heterocycles. The van der Waals surface area contributed by atoms with Crippen LogP contribution in [0.25, 0.3) is 11.3 Å². The Labute approximate surface area is 113 Å². The first-order valence-electron chi connectivity index (χ1n) is 6.68. The van der Waals surface area contributed by atoms with Gasteiger partial charge in [0.1, 0.15) is 11.6 Å². The molecule has 1 saturated carbocycles. The second-order valence-electron chi connectivity index (χ2n) is 5.12. The fourth-order valence-corrected chi connectivity index (χ4v) is 2.30. The van der Waals surface area contributed by atoms with Crippen LogP contribution in [-0.4, -0.2) is 22.0 Å². The van der Waals surface area contributed by atoms with Gasteiger partial charge in [-0.3, -0.25) is 4.98 Å². The zero-order valence-electron chi connectivity index (χ0n) is 11.6. The van der Waals surface area contributed by atoms with Crippen molar-refractivity contribution in [2.45, 2.75) is 32.6 Å². The summed E-state index contributed by atoms with van der Waals surface area (Å²) in [6.45, 7) is 4.14. The highest BCUT2D eigenvalue weighted by molar-refractivity contribution is 5.70. The molecule has 4 nitrogen and oxygen atoms in total. The van der Waals surface area contributed by atoms with Gasteiger partial charge < -0.3 is 5.32 Å². The first-order valence-corrected chi connectivity index (χ1v) is 6.68. The predicted molar refractivity (Wildman–Crippen MR) is 76.3 cm³/mol. The van der Waals surface area contributed by atoms with Crippen molar-refractivity contribution >= 4 is 5.82 Å². The Kier molecular flexibility index (Phi) is 2.93. The van der Waals surface area contributed by atoms with E-state index in [0.717, 1.165) is 34.0 Å². The van der Waals surface area contributed by atoms with Gasteiger partial charge in [-0.05, 0) is 38.3 Å². The molecule has 19 heavy (non-hydrogen) atoms. The van der Waals surface area contributed by atoms with Crippen molar-refractivity contribution in [1.29, 1.82) is 0 Å². The SMILES string of the molecule is CNc1nc(C2CC2)nc(-c2ccncc2C)c1C. The lowest BCUT2D eigenvalue weighted by atomic mass is 10.0. The van der Waals surface area contributed by atoms with E-state index in [1.165, 1.54) is 12.8 Å². The van der Waals surface area contributed by atoms with Gasteiger partial charge in [0.05, 0.1) is 5.69 Å². The number of rotatable bonds is 3. The second kappa shape index (κ2) is 4.61. The van der Waals surface area contributed by atoms with Crippen LogP contribution < -0.4 is 5.32 Å². The Morgan fingerprint density at radius 1 is 1.21 bits per heavy atom. The average molecular weight is 254 g/mol. The number of anilines is 1. The van der Waals surface area contributed by atoms with E-state index in [2.05, 4.69) is 29.1 Å². The highest BCUT2D eigenvalue weighted by atomic mass is 15.0. The van der Waals surface area contributed by atoms with Crippen LogP contribution in [-0.2, 0) is 0 Å². The molecule has 1 fully saturated rings. The molecule has 3 rings (SSSR count). The minimum Gasteiger partial charge on any atom is -0.373 e. The lowest BCUT2D eigenvalue weighted by Gasteiger charge is -2.13. The van der Waals surface area contributed by atoms with Gasteiger partial charge in [0.25, 0.3) is 0 Å². The Morgan fingerprint density at radius 2 is 2.00 bits per heavy atom. The number of pyridine rings is 1. The van der Waals surface area contributed by atoms with E-state index in [1.54, 1.807) is 0 Å². The number of aryl methyl sites for hydroxylation is 1. The van der Waals surface area contributed by atoms with Gasteiger partial charge in [-0.25, -0.2) is 9.97 Å². The molecule has 0 unspecified atom stereocenters. The van der Waals surface area contributed by atoms with E-state index in [9.17, 15) is 0 Å². The lowest BCUT2D eigenvalue weighted by Crippen LogP contribution is -2.05. The largest absolute Gasteiger partial charge is 0.373 e. The smallest absolute Gasteiger partial charge is 0.134 e. The Morgan fingerprint density at radius 3 is 2.63 bits per heavy atom. The summed E-state index contributed by atoms with van der Waals surface area (Å²) in [7, 11) is 1.91. The summed E-state index contributed by atoms with van der Waals surface area (Å²) < 4.78 is 0. The van der Waals surface area contributed by atoms with Crippen molar-refractivity contribution in [2.24, 2.45) is 0 Å². The molecule has 1 N–H and O–H groups in total. The van der Waals surface area contributed by atoms with Gasteiger partial charge in [-0.15, -0.1) is 0 Å². The van der Waals surface area contributed by atoms with Crippen molar-refractivity contribution in [3.8, 4) is 11.3 Å². The monoisotopic (exact) mass is 254 g/mol. The first-order chi connectivity index (χ1) is 9.20. The van der Waals surface area contributed by atoms with Crippen LogP contribution in [0.4, 0.5) is 5.82 Å². The zero-order valence-corrected chi connectivity index (χ0v) is 11.6. The summed E-state index contributed by atoms with van der Waals surface area (Å²) in [5.41, 5.74) is 4.42. The molecule has 1 aliphatic carbocycles. The molecule has 98 valence electrons.